The predicted octanol–water partition coefficient (Wildman–Crippen LogP) is 3.44. The summed E-state index contributed by atoms with van der Waals surface area (Å²) in [7, 11) is -3.73. The average molecular weight is 480 g/mol. The number of amides is 2. The normalized spacial score (nSPS) is 12.3. The molecule has 0 saturated carbocycles. The molecule has 0 aromatic heterocycles. The number of para-hydroxylation sites is 1. The minimum Gasteiger partial charge on any atom is -0.352 e. The van der Waals surface area contributed by atoms with Gasteiger partial charge in [0.25, 0.3) is 0 Å². The molecule has 0 aliphatic rings. The fraction of sp³-hybridized carbons (Fsp3) is 0.391. The maximum atomic E-state index is 13.4. The van der Waals surface area contributed by atoms with E-state index in [1.165, 1.54) is 4.90 Å². The smallest absolute Gasteiger partial charge is 0.244 e. The largest absolute Gasteiger partial charge is 0.352 e. The molecule has 0 radical (unpaired) electrons. The van der Waals surface area contributed by atoms with Crippen LogP contribution < -0.4 is 9.62 Å². The summed E-state index contributed by atoms with van der Waals surface area (Å²) in [4.78, 5) is 27.8. The number of rotatable bonds is 10. The molecule has 0 heterocycles. The van der Waals surface area contributed by atoms with Crippen LogP contribution in [0.4, 0.5) is 5.69 Å². The van der Waals surface area contributed by atoms with Gasteiger partial charge in [0, 0.05) is 17.6 Å². The first-order valence-electron chi connectivity index (χ1n) is 10.4. The molecule has 0 bridgehead atoms. The maximum absolute atomic E-state index is 13.4. The first-order valence-corrected chi connectivity index (χ1v) is 12.6. The lowest BCUT2D eigenvalue weighted by Crippen LogP contribution is -2.53. The van der Waals surface area contributed by atoms with Crippen molar-refractivity contribution in [3.8, 4) is 0 Å². The Labute approximate surface area is 195 Å². The van der Waals surface area contributed by atoms with Gasteiger partial charge in [-0.3, -0.25) is 13.9 Å². The molecule has 2 rings (SSSR count). The number of nitrogens with zero attached hydrogens (tertiary/aromatic N) is 2. The molecular formula is C23H30ClN3O4S. The number of sulfonamides is 1. The summed E-state index contributed by atoms with van der Waals surface area (Å²) in [5, 5.41) is 3.41. The van der Waals surface area contributed by atoms with Crippen molar-refractivity contribution >= 4 is 39.1 Å². The van der Waals surface area contributed by atoms with Crippen LogP contribution in [0.5, 0.6) is 0 Å². The summed E-state index contributed by atoms with van der Waals surface area (Å²) in [6, 6.07) is 14.6. The van der Waals surface area contributed by atoms with Crippen LogP contribution in [0.2, 0.25) is 5.02 Å². The second kappa shape index (κ2) is 11.3. The Kier molecular flexibility index (Phi) is 9.09. The number of carbonyl (C=O) groups is 2. The standard InChI is InChI=1S/C23H30ClN3O4S/c1-5-21(23(29)25-17(2)3)26(15-18-11-13-19(24)14-12-18)22(28)16-27(32(4,30)31)20-9-7-6-8-10-20/h6-14,17,21H,5,15-16H2,1-4H3,(H,25,29). The van der Waals surface area contributed by atoms with Crippen LogP contribution in [0.15, 0.2) is 54.6 Å². The Balaban J connectivity index is 2.40. The van der Waals surface area contributed by atoms with Gasteiger partial charge in [-0.25, -0.2) is 8.42 Å². The molecule has 2 aromatic carbocycles. The molecule has 1 atom stereocenters. The van der Waals surface area contributed by atoms with Gasteiger partial charge in [0.05, 0.1) is 11.9 Å². The topological polar surface area (TPSA) is 86.8 Å². The highest BCUT2D eigenvalue weighted by Crippen LogP contribution is 2.20. The van der Waals surface area contributed by atoms with Gasteiger partial charge in [-0.2, -0.15) is 0 Å². The molecule has 1 unspecified atom stereocenters. The van der Waals surface area contributed by atoms with E-state index in [-0.39, 0.29) is 18.5 Å². The average Bonchev–Trinajstić information content (AvgIpc) is 2.72. The molecule has 7 nitrogen and oxygen atoms in total. The van der Waals surface area contributed by atoms with E-state index in [2.05, 4.69) is 5.32 Å². The van der Waals surface area contributed by atoms with E-state index >= 15 is 0 Å². The van der Waals surface area contributed by atoms with Crippen LogP contribution in [0.1, 0.15) is 32.8 Å². The van der Waals surface area contributed by atoms with Crippen LogP contribution in [-0.4, -0.2) is 50.0 Å². The van der Waals surface area contributed by atoms with E-state index < -0.39 is 28.5 Å². The number of halogens is 1. The van der Waals surface area contributed by atoms with Gasteiger partial charge in [-0.15, -0.1) is 0 Å². The Morgan fingerprint density at radius 2 is 1.62 bits per heavy atom. The van der Waals surface area contributed by atoms with Crippen molar-refractivity contribution in [1.82, 2.24) is 10.2 Å². The van der Waals surface area contributed by atoms with Gasteiger partial charge in [0.15, 0.2) is 0 Å². The third-order valence-corrected chi connectivity index (χ3v) is 6.20. The van der Waals surface area contributed by atoms with E-state index in [0.29, 0.717) is 17.1 Å². The Morgan fingerprint density at radius 1 is 1.03 bits per heavy atom. The molecule has 0 aliphatic carbocycles. The molecule has 0 fully saturated rings. The highest BCUT2D eigenvalue weighted by Gasteiger charge is 2.31. The fourth-order valence-electron chi connectivity index (χ4n) is 3.29. The summed E-state index contributed by atoms with van der Waals surface area (Å²) < 4.78 is 26.0. The summed E-state index contributed by atoms with van der Waals surface area (Å²) in [5.74, 6) is -0.754. The zero-order valence-electron chi connectivity index (χ0n) is 18.8. The van der Waals surface area contributed by atoms with Crippen molar-refractivity contribution in [2.75, 3.05) is 17.1 Å². The minimum atomic E-state index is -3.73. The van der Waals surface area contributed by atoms with Gasteiger partial charge < -0.3 is 10.2 Å². The molecule has 174 valence electrons. The van der Waals surface area contributed by atoms with Crippen LogP contribution in [0, 0.1) is 0 Å². The zero-order valence-corrected chi connectivity index (χ0v) is 20.4. The van der Waals surface area contributed by atoms with E-state index in [1.54, 1.807) is 54.6 Å². The van der Waals surface area contributed by atoms with Gasteiger partial charge in [-0.1, -0.05) is 48.9 Å². The van der Waals surface area contributed by atoms with Crippen LogP contribution in [-0.2, 0) is 26.2 Å². The van der Waals surface area contributed by atoms with Crippen LogP contribution in [0.25, 0.3) is 0 Å². The fourth-order valence-corrected chi connectivity index (χ4v) is 4.27. The number of hydrogen-bond acceptors (Lipinski definition) is 4. The second-order valence-electron chi connectivity index (χ2n) is 7.84. The monoisotopic (exact) mass is 479 g/mol. The van der Waals surface area contributed by atoms with Crippen LogP contribution in [0.3, 0.4) is 0 Å². The van der Waals surface area contributed by atoms with E-state index in [0.717, 1.165) is 16.1 Å². The Hall–Kier alpha value is -2.58. The SMILES string of the molecule is CCC(C(=O)NC(C)C)N(Cc1ccc(Cl)cc1)C(=O)CN(c1ccccc1)S(C)(=O)=O. The van der Waals surface area contributed by atoms with Gasteiger partial charge in [0.1, 0.15) is 12.6 Å². The number of benzene rings is 2. The highest BCUT2D eigenvalue weighted by molar-refractivity contribution is 7.92. The maximum Gasteiger partial charge on any atom is 0.244 e. The number of nitrogens with one attached hydrogen (secondary N) is 1. The molecule has 0 spiro atoms. The first-order chi connectivity index (χ1) is 15.0. The summed E-state index contributed by atoms with van der Waals surface area (Å²) in [6.07, 6.45) is 1.43. The lowest BCUT2D eigenvalue weighted by Gasteiger charge is -2.33. The minimum absolute atomic E-state index is 0.0964. The predicted molar refractivity (Wildman–Crippen MR) is 128 cm³/mol. The molecule has 1 N–H and O–H groups in total. The zero-order chi connectivity index (χ0) is 23.9. The number of anilines is 1. The third kappa shape index (κ3) is 7.24. The summed E-state index contributed by atoms with van der Waals surface area (Å²) in [6.45, 7) is 5.24. The Bertz CT molecular complexity index is 1010. The van der Waals surface area contributed by atoms with Crippen molar-refractivity contribution < 1.29 is 18.0 Å². The van der Waals surface area contributed by atoms with Crippen molar-refractivity contribution in [2.45, 2.75) is 45.8 Å². The molecule has 0 saturated heterocycles. The second-order valence-corrected chi connectivity index (χ2v) is 10.2. The number of carbonyl (C=O) groups excluding carboxylic acids is 2. The third-order valence-electron chi connectivity index (χ3n) is 4.81. The van der Waals surface area contributed by atoms with Crippen LogP contribution >= 0.6 is 11.6 Å². The van der Waals surface area contributed by atoms with Gasteiger partial charge >= 0.3 is 0 Å². The molecular weight excluding hydrogens is 450 g/mol. The molecule has 2 aromatic rings. The molecule has 2 amide bonds. The molecule has 9 heteroatoms. The quantitative estimate of drug-likeness (QED) is 0.565. The highest BCUT2D eigenvalue weighted by atomic mass is 35.5. The van der Waals surface area contributed by atoms with Crippen molar-refractivity contribution in [1.29, 1.82) is 0 Å². The van der Waals surface area contributed by atoms with Crippen molar-refractivity contribution in [2.24, 2.45) is 0 Å². The van der Waals surface area contributed by atoms with Crippen molar-refractivity contribution in [3.63, 3.8) is 0 Å². The van der Waals surface area contributed by atoms with E-state index in [4.69, 9.17) is 11.6 Å². The van der Waals surface area contributed by atoms with E-state index in [9.17, 15) is 18.0 Å². The molecule has 0 aliphatic heterocycles. The summed E-state index contributed by atoms with van der Waals surface area (Å²) >= 11 is 5.98. The lowest BCUT2D eigenvalue weighted by molar-refractivity contribution is -0.140. The van der Waals surface area contributed by atoms with Crippen molar-refractivity contribution in [3.05, 3.63) is 65.2 Å². The first kappa shape index (κ1) is 25.7. The Morgan fingerprint density at radius 3 is 2.12 bits per heavy atom. The number of hydrogen-bond donors (Lipinski definition) is 1. The summed E-state index contributed by atoms with van der Waals surface area (Å²) in [5.41, 5.74) is 1.17. The van der Waals surface area contributed by atoms with E-state index in [1.807, 2.05) is 20.8 Å². The van der Waals surface area contributed by atoms with Gasteiger partial charge in [0.2, 0.25) is 21.8 Å². The lowest BCUT2D eigenvalue weighted by atomic mass is 10.1. The molecule has 32 heavy (non-hydrogen) atoms. The van der Waals surface area contributed by atoms with Gasteiger partial charge in [-0.05, 0) is 50.1 Å².